The molecule has 0 spiro atoms. The zero-order valence-electron chi connectivity index (χ0n) is 9.91. The number of carbonyl (C=O) groups excluding carboxylic acids is 2. The highest BCUT2D eigenvalue weighted by Crippen LogP contribution is 2.49. The number of rotatable bonds is 5. The standard InChI is InChI=1S/C13H20O3/c1-2-16-13(15)8-12(14)7-11-6-9-3-4-10(11)5-9/h9-11H,2-8H2,1H3. The van der Waals surface area contributed by atoms with E-state index in [-0.39, 0.29) is 18.2 Å². The number of esters is 1. The molecule has 2 saturated carbocycles. The fourth-order valence-electron chi connectivity index (χ4n) is 3.36. The third-order valence-corrected chi connectivity index (χ3v) is 4.02. The third-order valence-electron chi connectivity index (χ3n) is 4.02. The van der Waals surface area contributed by atoms with Gasteiger partial charge in [-0.3, -0.25) is 9.59 Å². The van der Waals surface area contributed by atoms with Gasteiger partial charge in [0, 0.05) is 6.42 Å². The van der Waals surface area contributed by atoms with Crippen LogP contribution in [0, 0.1) is 17.8 Å². The molecule has 3 unspecified atom stereocenters. The van der Waals surface area contributed by atoms with Crippen molar-refractivity contribution in [2.75, 3.05) is 6.61 Å². The number of ketones is 1. The smallest absolute Gasteiger partial charge is 0.313 e. The lowest BCUT2D eigenvalue weighted by Gasteiger charge is -2.20. The van der Waals surface area contributed by atoms with E-state index in [2.05, 4.69) is 0 Å². The summed E-state index contributed by atoms with van der Waals surface area (Å²) < 4.78 is 4.78. The summed E-state index contributed by atoms with van der Waals surface area (Å²) in [7, 11) is 0. The first kappa shape index (κ1) is 11.6. The molecule has 3 nitrogen and oxygen atoms in total. The molecular weight excluding hydrogens is 204 g/mol. The maximum absolute atomic E-state index is 11.7. The Morgan fingerprint density at radius 2 is 2.06 bits per heavy atom. The molecule has 0 heterocycles. The lowest BCUT2D eigenvalue weighted by molar-refractivity contribution is -0.145. The molecule has 0 saturated heterocycles. The maximum atomic E-state index is 11.7. The van der Waals surface area contributed by atoms with Gasteiger partial charge in [0.1, 0.15) is 12.2 Å². The van der Waals surface area contributed by atoms with E-state index < -0.39 is 0 Å². The molecule has 2 aliphatic carbocycles. The van der Waals surface area contributed by atoms with Gasteiger partial charge in [-0.05, 0) is 43.9 Å². The van der Waals surface area contributed by atoms with Crippen LogP contribution in [0.15, 0.2) is 0 Å². The molecule has 0 aromatic rings. The van der Waals surface area contributed by atoms with Gasteiger partial charge in [0.05, 0.1) is 6.61 Å². The van der Waals surface area contributed by atoms with E-state index in [1.165, 1.54) is 25.7 Å². The minimum absolute atomic E-state index is 0.0261. The average molecular weight is 224 g/mol. The van der Waals surface area contributed by atoms with Gasteiger partial charge in [-0.1, -0.05) is 6.42 Å². The minimum Gasteiger partial charge on any atom is -0.466 e. The molecule has 16 heavy (non-hydrogen) atoms. The molecule has 0 amide bonds. The van der Waals surface area contributed by atoms with Gasteiger partial charge in [0.2, 0.25) is 0 Å². The Morgan fingerprint density at radius 1 is 1.25 bits per heavy atom. The zero-order chi connectivity index (χ0) is 11.5. The minimum atomic E-state index is -0.365. The Hall–Kier alpha value is -0.860. The first-order valence-electron chi connectivity index (χ1n) is 6.36. The van der Waals surface area contributed by atoms with Crippen molar-refractivity contribution in [3.05, 3.63) is 0 Å². The van der Waals surface area contributed by atoms with E-state index >= 15 is 0 Å². The third kappa shape index (κ3) is 2.63. The van der Waals surface area contributed by atoms with Crippen molar-refractivity contribution in [3.8, 4) is 0 Å². The topological polar surface area (TPSA) is 43.4 Å². The van der Waals surface area contributed by atoms with Crippen molar-refractivity contribution in [2.45, 2.75) is 45.4 Å². The monoisotopic (exact) mass is 224 g/mol. The number of carbonyl (C=O) groups is 2. The fraction of sp³-hybridized carbons (Fsp3) is 0.846. The van der Waals surface area contributed by atoms with E-state index in [1.54, 1.807) is 6.92 Å². The summed E-state index contributed by atoms with van der Waals surface area (Å²) in [6, 6.07) is 0. The molecule has 3 atom stereocenters. The van der Waals surface area contributed by atoms with Crippen molar-refractivity contribution in [1.82, 2.24) is 0 Å². The van der Waals surface area contributed by atoms with Crippen LogP contribution < -0.4 is 0 Å². The van der Waals surface area contributed by atoms with Gasteiger partial charge in [0.15, 0.2) is 0 Å². The molecule has 2 fully saturated rings. The van der Waals surface area contributed by atoms with Gasteiger partial charge in [0.25, 0.3) is 0 Å². The number of Topliss-reactive ketones (excluding diaryl/α,β-unsaturated/α-hetero) is 1. The quantitative estimate of drug-likeness (QED) is 0.531. The van der Waals surface area contributed by atoms with Crippen LogP contribution in [-0.2, 0) is 14.3 Å². The average Bonchev–Trinajstić information content (AvgIpc) is 2.78. The largest absolute Gasteiger partial charge is 0.466 e. The van der Waals surface area contributed by atoms with Crippen molar-refractivity contribution < 1.29 is 14.3 Å². The van der Waals surface area contributed by atoms with Crippen LogP contribution >= 0.6 is 0 Å². The highest BCUT2D eigenvalue weighted by Gasteiger charge is 2.40. The van der Waals surface area contributed by atoms with E-state index in [4.69, 9.17) is 4.74 Å². The van der Waals surface area contributed by atoms with Crippen LogP contribution in [0.25, 0.3) is 0 Å². The van der Waals surface area contributed by atoms with Crippen LogP contribution in [0.2, 0.25) is 0 Å². The van der Waals surface area contributed by atoms with Gasteiger partial charge >= 0.3 is 5.97 Å². The molecule has 0 N–H and O–H groups in total. The molecule has 90 valence electrons. The Kier molecular flexibility index (Phi) is 3.62. The van der Waals surface area contributed by atoms with Gasteiger partial charge < -0.3 is 4.74 Å². The van der Waals surface area contributed by atoms with E-state index in [1.807, 2.05) is 0 Å². The number of hydrogen-bond acceptors (Lipinski definition) is 3. The van der Waals surface area contributed by atoms with Crippen molar-refractivity contribution in [1.29, 1.82) is 0 Å². The predicted molar refractivity (Wildman–Crippen MR) is 59.8 cm³/mol. The lowest BCUT2D eigenvalue weighted by atomic mass is 9.85. The Morgan fingerprint density at radius 3 is 2.62 bits per heavy atom. The molecule has 2 rings (SSSR count). The summed E-state index contributed by atoms with van der Waals surface area (Å²) in [5.41, 5.74) is 0. The Balaban J connectivity index is 1.73. The molecule has 2 aliphatic rings. The molecule has 0 aliphatic heterocycles. The second-order valence-corrected chi connectivity index (χ2v) is 5.16. The Bertz CT molecular complexity index is 285. The summed E-state index contributed by atoms with van der Waals surface area (Å²) in [6.07, 6.45) is 5.74. The van der Waals surface area contributed by atoms with Crippen molar-refractivity contribution in [3.63, 3.8) is 0 Å². The summed E-state index contributed by atoms with van der Waals surface area (Å²) in [6.45, 7) is 2.12. The first-order chi connectivity index (χ1) is 7.69. The van der Waals surface area contributed by atoms with E-state index in [0.717, 1.165) is 11.8 Å². The van der Waals surface area contributed by atoms with Gasteiger partial charge in [-0.15, -0.1) is 0 Å². The summed E-state index contributed by atoms with van der Waals surface area (Å²) >= 11 is 0. The molecule has 3 heteroatoms. The van der Waals surface area contributed by atoms with Crippen molar-refractivity contribution >= 4 is 11.8 Å². The van der Waals surface area contributed by atoms with Gasteiger partial charge in [-0.2, -0.15) is 0 Å². The number of ether oxygens (including phenoxy) is 1. The summed E-state index contributed by atoms with van der Waals surface area (Å²) in [4.78, 5) is 22.8. The second-order valence-electron chi connectivity index (χ2n) is 5.16. The van der Waals surface area contributed by atoms with Crippen LogP contribution in [-0.4, -0.2) is 18.4 Å². The SMILES string of the molecule is CCOC(=O)CC(=O)CC1CC2CCC1C2. The molecule has 0 radical (unpaired) electrons. The molecule has 2 bridgehead atoms. The highest BCUT2D eigenvalue weighted by atomic mass is 16.5. The van der Waals surface area contributed by atoms with Crippen LogP contribution in [0.5, 0.6) is 0 Å². The lowest BCUT2D eigenvalue weighted by Crippen LogP contribution is -2.18. The molecule has 0 aromatic heterocycles. The van der Waals surface area contributed by atoms with Crippen LogP contribution in [0.1, 0.15) is 45.4 Å². The van der Waals surface area contributed by atoms with E-state index in [0.29, 0.717) is 18.9 Å². The van der Waals surface area contributed by atoms with Crippen LogP contribution in [0.4, 0.5) is 0 Å². The highest BCUT2D eigenvalue weighted by molar-refractivity contribution is 5.95. The maximum Gasteiger partial charge on any atom is 0.313 e. The number of fused-ring (bicyclic) bond motifs is 2. The fourth-order valence-corrected chi connectivity index (χ4v) is 3.36. The Labute approximate surface area is 96.5 Å². The van der Waals surface area contributed by atoms with Gasteiger partial charge in [-0.25, -0.2) is 0 Å². The summed E-state index contributed by atoms with van der Waals surface area (Å²) in [5, 5.41) is 0. The number of hydrogen-bond donors (Lipinski definition) is 0. The normalized spacial score (nSPS) is 31.7. The molecular formula is C13H20O3. The summed E-state index contributed by atoms with van der Waals surface area (Å²) in [5.74, 6) is 1.88. The predicted octanol–water partition coefficient (Wildman–Crippen LogP) is 2.33. The van der Waals surface area contributed by atoms with E-state index in [9.17, 15) is 9.59 Å². The molecule has 0 aromatic carbocycles. The second kappa shape index (κ2) is 4.98. The van der Waals surface area contributed by atoms with Crippen LogP contribution in [0.3, 0.4) is 0 Å². The zero-order valence-corrected chi connectivity index (χ0v) is 9.91. The van der Waals surface area contributed by atoms with Crippen molar-refractivity contribution in [2.24, 2.45) is 17.8 Å². The first-order valence-corrected chi connectivity index (χ1v) is 6.36.